The highest BCUT2D eigenvalue weighted by Crippen LogP contribution is 2.29. The molecule has 2 aliphatic rings. The zero-order valence-electron chi connectivity index (χ0n) is 21.7. The van der Waals surface area contributed by atoms with E-state index in [2.05, 4.69) is 22.4 Å². The van der Waals surface area contributed by atoms with E-state index in [-0.39, 0.29) is 55.9 Å². The van der Waals surface area contributed by atoms with Gasteiger partial charge in [-0.2, -0.15) is 4.98 Å². The van der Waals surface area contributed by atoms with E-state index < -0.39 is 6.17 Å². The number of aromatic nitrogens is 1. The molecular formula is C29H32FN3O5. The Morgan fingerprint density at radius 3 is 2.76 bits per heavy atom. The highest BCUT2D eigenvalue weighted by molar-refractivity contribution is 5.81. The molecule has 0 bridgehead atoms. The summed E-state index contributed by atoms with van der Waals surface area (Å²) in [6.45, 7) is 2.33. The van der Waals surface area contributed by atoms with E-state index in [4.69, 9.17) is 13.9 Å². The van der Waals surface area contributed by atoms with Crippen LogP contribution >= 0.6 is 0 Å². The van der Waals surface area contributed by atoms with Crippen LogP contribution < -0.4 is 5.32 Å². The van der Waals surface area contributed by atoms with Gasteiger partial charge in [0.05, 0.1) is 44.7 Å². The molecule has 2 fully saturated rings. The van der Waals surface area contributed by atoms with Crippen LogP contribution in [0.3, 0.4) is 0 Å². The van der Waals surface area contributed by atoms with E-state index in [0.717, 1.165) is 36.9 Å². The second kappa shape index (κ2) is 11.4. The van der Waals surface area contributed by atoms with E-state index in [1.807, 2.05) is 31.2 Å². The maximum atomic E-state index is 14.3. The number of likely N-dealkylation sites (tertiary alicyclic amines) is 1. The summed E-state index contributed by atoms with van der Waals surface area (Å²) in [5.41, 5.74) is 3.55. The third kappa shape index (κ3) is 5.91. The molecule has 200 valence electrons. The first-order valence-corrected chi connectivity index (χ1v) is 13.1. The number of alkyl halides is 1. The fourth-order valence-corrected chi connectivity index (χ4v) is 5.30. The normalized spacial score (nSPS) is 23.3. The van der Waals surface area contributed by atoms with Crippen LogP contribution in [0.2, 0.25) is 0 Å². The molecule has 1 aromatic heterocycles. The number of ether oxygens (including phenoxy) is 2. The van der Waals surface area contributed by atoms with Gasteiger partial charge in [-0.3, -0.25) is 9.59 Å². The van der Waals surface area contributed by atoms with Crippen molar-refractivity contribution in [3.8, 4) is 0 Å². The lowest BCUT2D eigenvalue weighted by Crippen LogP contribution is -2.40. The first-order chi connectivity index (χ1) is 18.4. The molecule has 3 aromatic rings. The zero-order chi connectivity index (χ0) is 26.6. The van der Waals surface area contributed by atoms with Gasteiger partial charge in [0.2, 0.25) is 5.91 Å². The number of rotatable bonds is 8. The van der Waals surface area contributed by atoms with Crippen molar-refractivity contribution in [2.75, 3.05) is 25.6 Å². The van der Waals surface area contributed by atoms with Crippen LogP contribution in [0.1, 0.15) is 43.2 Å². The predicted molar refractivity (Wildman–Crippen MR) is 139 cm³/mol. The largest absolute Gasteiger partial charge is 0.469 e. The van der Waals surface area contributed by atoms with Gasteiger partial charge in [-0.05, 0) is 56.4 Å². The van der Waals surface area contributed by atoms with Crippen molar-refractivity contribution in [2.45, 2.75) is 63.8 Å². The Morgan fingerprint density at radius 1 is 1.21 bits per heavy atom. The van der Waals surface area contributed by atoms with Crippen LogP contribution in [0, 0.1) is 25.0 Å². The minimum atomic E-state index is -1.08. The Kier molecular flexibility index (Phi) is 7.79. The van der Waals surface area contributed by atoms with E-state index >= 15 is 0 Å². The van der Waals surface area contributed by atoms with Gasteiger partial charge in [-0.1, -0.05) is 24.3 Å². The molecular weight excluding hydrogens is 489 g/mol. The average Bonchev–Trinajstić information content (AvgIpc) is 3.50. The van der Waals surface area contributed by atoms with Crippen molar-refractivity contribution >= 4 is 34.7 Å². The smallest absolute Gasteiger partial charge is 0.308 e. The van der Waals surface area contributed by atoms with Gasteiger partial charge in [0.15, 0.2) is 11.1 Å². The van der Waals surface area contributed by atoms with Gasteiger partial charge in [0.25, 0.3) is 0 Å². The number of hydrogen-bond acceptors (Lipinski definition) is 7. The number of nitrogens with zero attached hydrogens (tertiary/aromatic N) is 2. The molecule has 2 heterocycles. The molecule has 1 N–H and O–H groups in total. The van der Waals surface area contributed by atoms with Crippen LogP contribution in [0.5, 0.6) is 0 Å². The summed E-state index contributed by atoms with van der Waals surface area (Å²) in [4.78, 5) is 30.9. The molecule has 38 heavy (non-hydrogen) atoms. The second-order valence-corrected chi connectivity index (χ2v) is 10.1. The maximum Gasteiger partial charge on any atom is 0.308 e. The quantitative estimate of drug-likeness (QED) is 0.429. The van der Waals surface area contributed by atoms with E-state index in [9.17, 15) is 14.0 Å². The lowest BCUT2D eigenvalue weighted by atomic mass is 9.87. The number of carbonyl (C=O) groups is 2. The van der Waals surface area contributed by atoms with Crippen molar-refractivity contribution in [1.82, 2.24) is 9.88 Å². The topological polar surface area (TPSA) is 93.9 Å². The van der Waals surface area contributed by atoms with Crippen LogP contribution in [0.15, 0.2) is 34.7 Å². The lowest BCUT2D eigenvalue weighted by molar-refractivity contribution is -0.148. The molecule has 8 nitrogen and oxygen atoms in total. The third-order valence-corrected chi connectivity index (χ3v) is 7.45. The summed E-state index contributed by atoms with van der Waals surface area (Å²) in [7, 11) is 1.41. The molecule has 2 atom stereocenters. The number of amides is 1. The van der Waals surface area contributed by atoms with Crippen molar-refractivity contribution in [1.29, 1.82) is 0 Å². The van der Waals surface area contributed by atoms with E-state index in [1.165, 1.54) is 7.11 Å². The van der Waals surface area contributed by atoms with Gasteiger partial charge in [-0.25, -0.2) is 4.39 Å². The summed E-state index contributed by atoms with van der Waals surface area (Å²) in [6, 6.07) is 15.5. The fraction of sp³-hybridized carbons (Fsp3) is 0.483. The number of nitrogens with one attached hydrogen (secondary N) is 1. The second-order valence-electron chi connectivity index (χ2n) is 10.1. The molecule has 5 rings (SSSR count). The van der Waals surface area contributed by atoms with Crippen molar-refractivity contribution in [3.05, 3.63) is 53.6 Å². The number of esters is 1. The van der Waals surface area contributed by atoms with Crippen LogP contribution in [0.25, 0.3) is 11.1 Å². The van der Waals surface area contributed by atoms with Gasteiger partial charge in [-0.15, -0.1) is 0 Å². The monoisotopic (exact) mass is 521 g/mol. The molecule has 2 aromatic carbocycles. The van der Waals surface area contributed by atoms with Gasteiger partial charge < -0.3 is 24.1 Å². The number of oxazole rings is 1. The first kappa shape index (κ1) is 26.0. The molecule has 0 radical (unpaired) electrons. The van der Waals surface area contributed by atoms with Crippen LogP contribution in [-0.4, -0.2) is 60.3 Å². The summed E-state index contributed by atoms with van der Waals surface area (Å²) < 4.78 is 31.1. The lowest BCUT2D eigenvalue weighted by Gasteiger charge is -2.30. The zero-order valence-corrected chi connectivity index (χ0v) is 21.7. The molecule has 1 saturated carbocycles. The molecule has 1 saturated heterocycles. The summed E-state index contributed by atoms with van der Waals surface area (Å²) in [6.07, 6.45) is 2.18. The number of halogens is 1. The number of para-hydroxylation sites is 1. The van der Waals surface area contributed by atoms with Gasteiger partial charge in [0.1, 0.15) is 6.17 Å². The first-order valence-electron chi connectivity index (χ1n) is 13.1. The average molecular weight is 522 g/mol. The number of benzene rings is 1. The Balaban J connectivity index is 1.18. The fourth-order valence-electron chi connectivity index (χ4n) is 5.30. The minimum absolute atomic E-state index is 0.00536. The summed E-state index contributed by atoms with van der Waals surface area (Å²) in [5, 5.41) is 3.16. The number of aryl methyl sites for hydroxylation is 1. The molecule has 0 spiro atoms. The Morgan fingerprint density at radius 2 is 2.00 bits per heavy atom. The number of carbonyl (C=O) groups excluding carboxylic acids is 2. The SMILES string of the molecule is COC(=O)C1CCC(OC[C@@H]2C[C@H](F)CN2C(=O)Cc2c#cc3nc(Nc4ccccc4C)oc3c2)CC1. The molecule has 1 aliphatic heterocycles. The Labute approximate surface area is 221 Å². The molecule has 9 heteroatoms. The van der Waals surface area contributed by atoms with Crippen molar-refractivity contribution < 1.29 is 27.9 Å². The number of methoxy groups -OCH3 is 1. The molecule has 0 unspecified atom stereocenters. The van der Waals surface area contributed by atoms with Crippen LogP contribution in [0.4, 0.5) is 16.1 Å². The Hall–Kier alpha value is -3.64. The predicted octanol–water partition coefficient (Wildman–Crippen LogP) is 4.71. The number of hydrogen-bond donors (Lipinski definition) is 1. The highest BCUT2D eigenvalue weighted by atomic mass is 19.1. The Bertz CT molecular complexity index is 1290. The minimum Gasteiger partial charge on any atom is -0.469 e. The van der Waals surface area contributed by atoms with Gasteiger partial charge >= 0.3 is 12.0 Å². The maximum absolute atomic E-state index is 14.3. The standard InChI is InChI=1S/C29H32FN3O5/c1-18-5-3-4-6-24(18)31-29-32-25-12-7-19(13-26(25)38-29)14-27(34)33-16-21(30)15-22(33)17-37-23-10-8-20(9-11-23)28(35)36-2/h3-6,13,20-23H,8-11,14-17H2,1-2H3,(H,31,32)/t20?,21-,22-,23?/m0/s1. The van der Waals surface area contributed by atoms with E-state index in [0.29, 0.717) is 22.7 Å². The third-order valence-electron chi connectivity index (χ3n) is 7.45. The summed E-state index contributed by atoms with van der Waals surface area (Å²) in [5.74, 6) is -0.439. The number of fused-ring (bicyclic) bond motifs is 1. The van der Waals surface area contributed by atoms with E-state index in [1.54, 1.807) is 11.0 Å². The van der Waals surface area contributed by atoms with Crippen LogP contribution in [-0.2, 0) is 25.5 Å². The van der Waals surface area contributed by atoms with Crippen molar-refractivity contribution in [2.24, 2.45) is 5.92 Å². The molecule has 1 amide bonds. The molecule has 1 aliphatic carbocycles. The number of anilines is 2. The summed E-state index contributed by atoms with van der Waals surface area (Å²) >= 11 is 0. The van der Waals surface area contributed by atoms with Gasteiger partial charge in [0, 0.05) is 17.7 Å². The highest BCUT2D eigenvalue weighted by Gasteiger charge is 2.36. The van der Waals surface area contributed by atoms with Crippen molar-refractivity contribution in [3.63, 3.8) is 0 Å².